The first-order valence-corrected chi connectivity index (χ1v) is 12.3. The van der Waals surface area contributed by atoms with Crippen LogP contribution in [-0.4, -0.2) is 40.1 Å². The van der Waals surface area contributed by atoms with Crippen molar-refractivity contribution in [1.82, 2.24) is 5.32 Å². The van der Waals surface area contributed by atoms with Gasteiger partial charge in [-0.05, 0) is 67.5 Å². The number of ether oxygens (including phenoxy) is 2. The summed E-state index contributed by atoms with van der Waals surface area (Å²) in [6.07, 6.45) is 4.38. The van der Waals surface area contributed by atoms with Gasteiger partial charge in [-0.3, -0.25) is 9.10 Å². The van der Waals surface area contributed by atoms with Gasteiger partial charge in [0.1, 0.15) is 25.6 Å². The smallest absolute Gasteiger partial charge is 0.264 e. The topological polar surface area (TPSA) is 84.9 Å². The van der Waals surface area contributed by atoms with E-state index in [9.17, 15) is 17.6 Å². The first kappa shape index (κ1) is 21.1. The number of anilines is 1. The molecular formula is C23H25FN2O5S. The highest BCUT2D eigenvalue weighted by Crippen LogP contribution is 2.44. The lowest BCUT2D eigenvalue weighted by Crippen LogP contribution is -2.46. The Morgan fingerprint density at radius 1 is 1.03 bits per heavy atom. The molecule has 32 heavy (non-hydrogen) atoms. The number of amides is 1. The van der Waals surface area contributed by atoms with Gasteiger partial charge in [0, 0.05) is 12.1 Å². The van der Waals surface area contributed by atoms with E-state index < -0.39 is 22.4 Å². The number of rotatable bonds is 6. The lowest BCUT2D eigenvalue weighted by Gasteiger charge is -2.27. The van der Waals surface area contributed by atoms with E-state index in [0.717, 1.165) is 23.6 Å². The van der Waals surface area contributed by atoms with E-state index in [0.29, 0.717) is 36.5 Å². The molecule has 1 amide bonds. The molecule has 170 valence electrons. The molecule has 3 aliphatic rings. The van der Waals surface area contributed by atoms with Crippen molar-refractivity contribution in [2.75, 3.05) is 24.1 Å². The van der Waals surface area contributed by atoms with Crippen molar-refractivity contribution < 1.29 is 27.1 Å². The van der Waals surface area contributed by atoms with Crippen LogP contribution in [0.4, 0.5) is 10.1 Å². The van der Waals surface area contributed by atoms with Gasteiger partial charge >= 0.3 is 0 Å². The van der Waals surface area contributed by atoms with Crippen LogP contribution in [0.3, 0.4) is 0 Å². The maximum Gasteiger partial charge on any atom is 0.264 e. The summed E-state index contributed by atoms with van der Waals surface area (Å²) in [6, 6.07) is 9.52. The Bertz CT molecular complexity index is 1120. The number of nitrogens with one attached hydrogen (secondary N) is 1. The zero-order valence-corrected chi connectivity index (χ0v) is 18.3. The third-order valence-electron chi connectivity index (χ3n) is 6.59. The molecule has 5 rings (SSSR count). The minimum absolute atomic E-state index is 0.0289. The highest BCUT2D eigenvalue weighted by molar-refractivity contribution is 7.92. The van der Waals surface area contributed by atoms with Gasteiger partial charge in [-0.2, -0.15) is 0 Å². The van der Waals surface area contributed by atoms with Crippen LogP contribution in [-0.2, 0) is 14.8 Å². The number of carbonyl (C=O) groups is 1. The molecular weight excluding hydrogens is 435 g/mol. The molecule has 2 aliphatic carbocycles. The van der Waals surface area contributed by atoms with Crippen LogP contribution >= 0.6 is 0 Å². The Kier molecular flexibility index (Phi) is 5.44. The molecule has 0 aromatic heterocycles. The number of nitrogens with zero attached hydrogens (tertiary/aromatic N) is 1. The fourth-order valence-electron chi connectivity index (χ4n) is 5.04. The summed E-state index contributed by atoms with van der Waals surface area (Å²) in [5.74, 6) is 1.07. The van der Waals surface area contributed by atoms with E-state index in [-0.39, 0.29) is 22.5 Å². The molecule has 3 atom stereocenters. The van der Waals surface area contributed by atoms with Crippen LogP contribution in [0.1, 0.15) is 25.7 Å². The molecule has 2 fully saturated rings. The molecule has 2 bridgehead atoms. The van der Waals surface area contributed by atoms with E-state index in [2.05, 4.69) is 5.32 Å². The van der Waals surface area contributed by atoms with Gasteiger partial charge < -0.3 is 14.8 Å². The lowest BCUT2D eigenvalue weighted by molar-refractivity contribution is -0.120. The van der Waals surface area contributed by atoms with Crippen molar-refractivity contribution in [3.05, 3.63) is 48.3 Å². The van der Waals surface area contributed by atoms with Crippen molar-refractivity contribution in [3.63, 3.8) is 0 Å². The van der Waals surface area contributed by atoms with Crippen LogP contribution in [0.2, 0.25) is 0 Å². The third kappa shape index (κ3) is 4.01. The highest BCUT2D eigenvalue weighted by Gasteiger charge is 2.40. The number of carbonyl (C=O) groups excluding carboxylic acids is 1. The minimum Gasteiger partial charge on any atom is -0.486 e. The molecule has 0 radical (unpaired) electrons. The van der Waals surface area contributed by atoms with E-state index >= 15 is 0 Å². The molecule has 0 saturated heterocycles. The molecule has 2 aromatic rings. The van der Waals surface area contributed by atoms with Gasteiger partial charge in [-0.15, -0.1) is 0 Å². The fourth-order valence-corrected chi connectivity index (χ4v) is 6.48. The van der Waals surface area contributed by atoms with Crippen molar-refractivity contribution in [3.8, 4) is 11.5 Å². The first-order chi connectivity index (χ1) is 15.4. The van der Waals surface area contributed by atoms with Crippen LogP contribution < -0.4 is 19.1 Å². The monoisotopic (exact) mass is 460 g/mol. The second-order valence-corrected chi connectivity index (χ2v) is 10.5. The molecule has 7 nitrogen and oxygen atoms in total. The zero-order chi connectivity index (χ0) is 22.3. The number of halogens is 1. The number of fused-ring (bicyclic) bond motifs is 3. The largest absolute Gasteiger partial charge is 0.486 e. The number of benzene rings is 2. The molecule has 0 spiro atoms. The zero-order valence-electron chi connectivity index (χ0n) is 17.5. The Hall–Kier alpha value is -2.81. The summed E-state index contributed by atoms with van der Waals surface area (Å²) < 4.78 is 52.6. The highest BCUT2D eigenvalue weighted by atomic mass is 32.2. The van der Waals surface area contributed by atoms with Gasteiger partial charge in [0.05, 0.1) is 10.6 Å². The predicted molar refractivity (Wildman–Crippen MR) is 116 cm³/mol. The SMILES string of the molecule is O=C(CN(c1ccc(F)cc1)S(=O)(=O)c1ccc2c(c1)OCCO2)N[C@H]1C[C@@H]2CC[C@@H]1C2. The molecule has 1 heterocycles. The Morgan fingerprint density at radius 2 is 1.78 bits per heavy atom. The molecule has 0 unspecified atom stereocenters. The normalized spacial score (nSPS) is 23.7. The summed E-state index contributed by atoms with van der Waals surface area (Å²) in [5, 5.41) is 3.03. The van der Waals surface area contributed by atoms with E-state index in [1.54, 1.807) is 6.07 Å². The van der Waals surface area contributed by atoms with Gasteiger partial charge in [-0.1, -0.05) is 6.42 Å². The van der Waals surface area contributed by atoms with Crippen LogP contribution in [0.25, 0.3) is 0 Å². The summed E-state index contributed by atoms with van der Waals surface area (Å²) in [6.45, 7) is 0.324. The van der Waals surface area contributed by atoms with Gasteiger partial charge in [0.25, 0.3) is 10.0 Å². The Labute approximate surface area is 186 Å². The maximum atomic E-state index is 13.6. The summed E-state index contributed by atoms with van der Waals surface area (Å²) in [7, 11) is -4.12. The maximum absolute atomic E-state index is 13.6. The van der Waals surface area contributed by atoms with Crippen molar-refractivity contribution in [1.29, 1.82) is 0 Å². The molecule has 1 aliphatic heterocycles. The van der Waals surface area contributed by atoms with E-state index in [4.69, 9.17) is 9.47 Å². The summed E-state index contributed by atoms with van der Waals surface area (Å²) in [5.41, 5.74) is 0.212. The molecule has 2 saturated carbocycles. The molecule has 2 aromatic carbocycles. The second kappa shape index (κ2) is 8.27. The van der Waals surface area contributed by atoms with Gasteiger partial charge in [0.2, 0.25) is 5.91 Å². The number of sulfonamides is 1. The van der Waals surface area contributed by atoms with Crippen molar-refractivity contribution >= 4 is 21.6 Å². The van der Waals surface area contributed by atoms with Crippen molar-refractivity contribution in [2.45, 2.75) is 36.6 Å². The Balaban J connectivity index is 1.42. The average molecular weight is 461 g/mol. The molecule has 1 N–H and O–H groups in total. The molecule has 9 heteroatoms. The van der Waals surface area contributed by atoms with E-state index in [1.807, 2.05) is 0 Å². The summed E-state index contributed by atoms with van der Waals surface area (Å²) in [4.78, 5) is 12.9. The van der Waals surface area contributed by atoms with Crippen LogP contribution in [0.5, 0.6) is 11.5 Å². The fraction of sp³-hybridized carbons (Fsp3) is 0.435. The minimum atomic E-state index is -4.12. The van der Waals surface area contributed by atoms with E-state index in [1.165, 1.54) is 42.8 Å². The van der Waals surface area contributed by atoms with Gasteiger partial charge in [0.15, 0.2) is 11.5 Å². The number of hydrogen-bond acceptors (Lipinski definition) is 5. The van der Waals surface area contributed by atoms with Crippen molar-refractivity contribution in [2.24, 2.45) is 11.8 Å². The number of hydrogen-bond donors (Lipinski definition) is 1. The predicted octanol–water partition coefficient (Wildman–Crippen LogP) is 3.10. The second-order valence-electron chi connectivity index (χ2n) is 8.64. The van der Waals surface area contributed by atoms with Gasteiger partial charge in [-0.25, -0.2) is 12.8 Å². The van der Waals surface area contributed by atoms with Crippen LogP contribution in [0.15, 0.2) is 47.4 Å². The average Bonchev–Trinajstić information content (AvgIpc) is 3.41. The third-order valence-corrected chi connectivity index (χ3v) is 8.36. The quantitative estimate of drug-likeness (QED) is 0.716. The van der Waals surface area contributed by atoms with Crippen LogP contribution in [0, 0.1) is 17.7 Å². The first-order valence-electron chi connectivity index (χ1n) is 10.9. The Morgan fingerprint density at radius 3 is 2.47 bits per heavy atom. The lowest BCUT2D eigenvalue weighted by atomic mass is 9.95. The summed E-state index contributed by atoms with van der Waals surface area (Å²) >= 11 is 0. The standard InChI is InChI=1S/C23H25FN2O5S/c24-17-3-5-18(6-4-17)26(14-23(27)25-20-12-15-1-2-16(20)11-15)32(28,29)19-7-8-21-22(13-19)31-10-9-30-21/h3-8,13,15-16,20H,1-2,9-12,14H2,(H,25,27)/t15-,16-,20+/m1/s1.